The van der Waals surface area contributed by atoms with Crippen molar-refractivity contribution >= 4 is 39.9 Å². The van der Waals surface area contributed by atoms with Crippen LogP contribution in [0.15, 0.2) is 66.7 Å². The van der Waals surface area contributed by atoms with Gasteiger partial charge in [0.05, 0.1) is 6.04 Å². The van der Waals surface area contributed by atoms with E-state index in [1.165, 1.54) is 0 Å². The van der Waals surface area contributed by atoms with E-state index in [0.717, 1.165) is 16.3 Å². The maximum absolute atomic E-state index is 12.3. The maximum atomic E-state index is 12.3. The fourth-order valence-corrected chi connectivity index (χ4v) is 2.93. The number of rotatable bonds is 5. The Labute approximate surface area is 169 Å². The molecule has 3 N–H and O–H groups in total. The van der Waals surface area contributed by atoms with E-state index in [2.05, 4.69) is 16.0 Å². The van der Waals surface area contributed by atoms with Crippen LogP contribution in [0.4, 0.5) is 11.4 Å². The topological polar surface area (TPSA) is 87.3 Å². The van der Waals surface area contributed by atoms with Crippen molar-refractivity contribution in [3.63, 3.8) is 0 Å². The van der Waals surface area contributed by atoms with E-state index in [1.807, 2.05) is 49.4 Å². The van der Waals surface area contributed by atoms with Gasteiger partial charge in [-0.1, -0.05) is 49.4 Å². The van der Waals surface area contributed by atoms with Gasteiger partial charge in [0, 0.05) is 17.8 Å². The van der Waals surface area contributed by atoms with Crippen LogP contribution in [0.2, 0.25) is 0 Å². The van der Waals surface area contributed by atoms with E-state index < -0.39 is 11.8 Å². The summed E-state index contributed by atoms with van der Waals surface area (Å²) < 4.78 is 0. The third kappa shape index (κ3) is 5.19. The number of carbonyl (C=O) groups is 3. The highest BCUT2D eigenvalue weighted by Crippen LogP contribution is 2.20. The Morgan fingerprint density at radius 1 is 0.793 bits per heavy atom. The average Bonchev–Trinajstić information content (AvgIpc) is 2.73. The van der Waals surface area contributed by atoms with Gasteiger partial charge >= 0.3 is 11.8 Å². The average molecular weight is 389 g/mol. The van der Waals surface area contributed by atoms with Crippen molar-refractivity contribution in [3.8, 4) is 0 Å². The van der Waals surface area contributed by atoms with Crippen molar-refractivity contribution < 1.29 is 14.4 Å². The van der Waals surface area contributed by atoms with Crippen LogP contribution in [-0.2, 0) is 14.4 Å². The molecule has 6 heteroatoms. The molecule has 3 rings (SSSR count). The molecule has 1 unspecified atom stereocenters. The Morgan fingerprint density at radius 3 is 2.21 bits per heavy atom. The van der Waals surface area contributed by atoms with E-state index >= 15 is 0 Å². The molecular weight excluding hydrogens is 366 g/mol. The van der Waals surface area contributed by atoms with Gasteiger partial charge in [0.25, 0.3) is 0 Å². The van der Waals surface area contributed by atoms with E-state index in [-0.39, 0.29) is 11.9 Å². The number of anilines is 2. The van der Waals surface area contributed by atoms with Gasteiger partial charge < -0.3 is 16.0 Å². The van der Waals surface area contributed by atoms with Crippen molar-refractivity contribution in [1.29, 1.82) is 0 Å². The molecule has 6 nitrogen and oxygen atoms in total. The zero-order valence-electron chi connectivity index (χ0n) is 16.4. The molecule has 3 aromatic rings. The molecule has 0 saturated heterocycles. The predicted molar refractivity (Wildman–Crippen MR) is 114 cm³/mol. The van der Waals surface area contributed by atoms with E-state index in [4.69, 9.17) is 0 Å². The van der Waals surface area contributed by atoms with E-state index in [9.17, 15) is 14.4 Å². The van der Waals surface area contributed by atoms with Crippen molar-refractivity contribution in [2.45, 2.75) is 26.3 Å². The number of amides is 3. The molecule has 3 amide bonds. The highest BCUT2D eigenvalue weighted by Gasteiger charge is 2.17. The van der Waals surface area contributed by atoms with Crippen LogP contribution in [0.5, 0.6) is 0 Å². The summed E-state index contributed by atoms with van der Waals surface area (Å²) >= 11 is 0. The zero-order chi connectivity index (χ0) is 20.8. The van der Waals surface area contributed by atoms with Crippen molar-refractivity contribution in [2.24, 2.45) is 0 Å². The standard InChI is InChI=1S/C23H23N3O3/c1-3-21(27)25-19-9-6-10-20(14-19)26-23(29)22(28)24-15(2)17-12-11-16-7-4-5-8-18(16)13-17/h4-15H,3H2,1-2H3,(H,24,28)(H,25,27)(H,26,29). The number of fused-ring (bicyclic) bond motifs is 1. The minimum absolute atomic E-state index is 0.129. The fourth-order valence-electron chi connectivity index (χ4n) is 2.93. The third-order valence-electron chi connectivity index (χ3n) is 4.55. The van der Waals surface area contributed by atoms with Gasteiger partial charge in [0.2, 0.25) is 5.91 Å². The summed E-state index contributed by atoms with van der Waals surface area (Å²) in [5.74, 6) is -1.62. The molecule has 0 bridgehead atoms. The molecule has 148 valence electrons. The van der Waals surface area contributed by atoms with Crippen LogP contribution in [0.1, 0.15) is 31.9 Å². The third-order valence-corrected chi connectivity index (χ3v) is 4.55. The Morgan fingerprint density at radius 2 is 1.48 bits per heavy atom. The zero-order valence-corrected chi connectivity index (χ0v) is 16.4. The van der Waals surface area contributed by atoms with E-state index in [0.29, 0.717) is 17.8 Å². The monoisotopic (exact) mass is 389 g/mol. The summed E-state index contributed by atoms with van der Waals surface area (Å²) in [7, 11) is 0. The molecule has 0 spiro atoms. The molecule has 3 aromatic carbocycles. The Bertz CT molecular complexity index is 1060. The maximum Gasteiger partial charge on any atom is 0.313 e. The lowest BCUT2D eigenvalue weighted by atomic mass is 10.0. The molecule has 0 saturated carbocycles. The smallest absolute Gasteiger partial charge is 0.313 e. The first-order chi connectivity index (χ1) is 14.0. The fraction of sp³-hybridized carbons (Fsp3) is 0.174. The Kier molecular flexibility index (Phi) is 6.24. The first-order valence-corrected chi connectivity index (χ1v) is 9.46. The second-order valence-corrected chi connectivity index (χ2v) is 6.74. The van der Waals surface area contributed by atoms with Crippen molar-refractivity contribution in [1.82, 2.24) is 5.32 Å². The highest BCUT2D eigenvalue weighted by molar-refractivity contribution is 6.39. The molecule has 0 aliphatic carbocycles. The van der Waals surface area contributed by atoms with Gasteiger partial charge in [-0.3, -0.25) is 14.4 Å². The van der Waals surface area contributed by atoms with Gasteiger partial charge in [0.15, 0.2) is 0 Å². The molecular formula is C23H23N3O3. The summed E-state index contributed by atoms with van der Waals surface area (Å²) in [6.07, 6.45) is 0.353. The number of nitrogens with one attached hydrogen (secondary N) is 3. The Hall–Kier alpha value is -3.67. The molecule has 0 aromatic heterocycles. The van der Waals surface area contributed by atoms with Gasteiger partial charge in [-0.2, -0.15) is 0 Å². The summed E-state index contributed by atoms with van der Waals surface area (Å²) in [6.45, 7) is 3.58. The second kappa shape index (κ2) is 9.01. The first kappa shape index (κ1) is 20.1. The summed E-state index contributed by atoms with van der Waals surface area (Å²) in [5.41, 5.74) is 1.89. The lowest BCUT2D eigenvalue weighted by molar-refractivity contribution is -0.136. The number of carbonyl (C=O) groups excluding carboxylic acids is 3. The van der Waals surface area contributed by atoms with Gasteiger partial charge in [-0.15, -0.1) is 0 Å². The van der Waals surface area contributed by atoms with E-state index in [1.54, 1.807) is 31.2 Å². The van der Waals surface area contributed by atoms with Gasteiger partial charge in [0.1, 0.15) is 0 Å². The molecule has 0 heterocycles. The lowest BCUT2D eigenvalue weighted by Crippen LogP contribution is -2.36. The van der Waals surface area contributed by atoms with Crippen LogP contribution < -0.4 is 16.0 Å². The first-order valence-electron chi connectivity index (χ1n) is 9.46. The quantitative estimate of drug-likeness (QED) is 0.576. The van der Waals surface area contributed by atoms with Crippen LogP contribution in [0, 0.1) is 0 Å². The predicted octanol–water partition coefficient (Wildman–Crippen LogP) is 4.00. The van der Waals surface area contributed by atoms with Crippen LogP contribution >= 0.6 is 0 Å². The molecule has 1 atom stereocenters. The lowest BCUT2D eigenvalue weighted by Gasteiger charge is -2.15. The molecule has 0 aliphatic rings. The van der Waals surface area contributed by atoms with Crippen LogP contribution in [0.25, 0.3) is 10.8 Å². The van der Waals surface area contributed by atoms with Crippen molar-refractivity contribution in [3.05, 3.63) is 72.3 Å². The van der Waals surface area contributed by atoms with Crippen LogP contribution in [-0.4, -0.2) is 17.7 Å². The number of benzene rings is 3. The molecule has 0 fully saturated rings. The second-order valence-electron chi connectivity index (χ2n) is 6.74. The summed E-state index contributed by atoms with van der Waals surface area (Å²) in [4.78, 5) is 36.1. The minimum Gasteiger partial charge on any atom is -0.341 e. The molecule has 29 heavy (non-hydrogen) atoms. The summed E-state index contributed by atoms with van der Waals surface area (Å²) in [6, 6.07) is 20.2. The van der Waals surface area contributed by atoms with Crippen molar-refractivity contribution in [2.75, 3.05) is 10.6 Å². The molecule has 0 aliphatic heterocycles. The minimum atomic E-state index is -0.767. The summed E-state index contributed by atoms with van der Waals surface area (Å²) in [5, 5.41) is 10.2. The highest BCUT2D eigenvalue weighted by atomic mass is 16.2. The Balaban J connectivity index is 1.63. The number of hydrogen-bond acceptors (Lipinski definition) is 3. The number of hydrogen-bond donors (Lipinski definition) is 3. The van der Waals surface area contributed by atoms with Crippen LogP contribution in [0.3, 0.4) is 0 Å². The van der Waals surface area contributed by atoms with Gasteiger partial charge in [-0.25, -0.2) is 0 Å². The normalized spacial score (nSPS) is 11.5. The molecule has 0 radical (unpaired) electrons. The largest absolute Gasteiger partial charge is 0.341 e. The SMILES string of the molecule is CCC(=O)Nc1cccc(NC(=O)C(=O)NC(C)c2ccc3ccccc3c2)c1. The van der Waals surface area contributed by atoms with Gasteiger partial charge in [-0.05, 0) is 47.5 Å².